The van der Waals surface area contributed by atoms with Gasteiger partial charge in [0.15, 0.2) is 5.78 Å². The normalized spacial score (nSPS) is 11.6. The molecule has 198 valence electrons. The van der Waals surface area contributed by atoms with Crippen molar-refractivity contribution in [2.75, 3.05) is 10.5 Å². The van der Waals surface area contributed by atoms with Crippen molar-refractivity contribution < 1.29 is 17.9 Å². The minimum atomic E-state index is -4.04. The largest absolute Gasteiger partial charge is 0.457 e. The second-order valence-corrected chi connectivity index (χ2v) is 10.9. The maximum absolute atomic E-state index is 13.6. The number of sulfonamides is 1. The highest BCUT2D eigenvalue weighted by Gasteiger charge is 2.25. The lowest BCUT2D eigenvalue weighted by atomic mass is 10.0. The quantitative estimate of drug-likeness (QED) is 0.237. The number of rotatable bonds is 8. The van der Waals surface area contributed by atoms with Gasteiger partial charge < -0.3 is 15.0 Å². The Labute approximate surface area is 229 Å². The molecule has 0 amide bonds. The lowest BCUT2D eigenvalue weighted by molar-refractivity contribution is 0.104. The van der Waals surface area contributed by atoms with Gasteiger partial charge in [0.05, 0.1) is 26.6 Å². The third-order valence-corrected chi connectivity index (χ3v) is 7.74. The highest BCUT2D eigenvalue weighted by Crippen LogP contribution is 2.34. The lowest BCUT2D eigenvalue weighted by Gasteiger charge is -2.13. The predicted octanol–water partition coefficient (Wildman–Crippen LogP) is 5.47. The minimum absolute atomic E-state index is 0.00143. The first kappa shape index (κ1) is 26.1. The zero-order chi connectivity index (χ0) is 27.7. The number of halogens is 1. The molecule has 5 rings (SSSR count). The fourth-order valence-electron chi connectivity index (χ4n) is 4.04. The van der Waals surface area contributed by atoms with Crippen LogP contribution in [-0.2, 0) is 10.0 Å². The van der Waals surface area contributed by atoms with Crippen LogP contribution in [0.1, 0.15) is 35.8 Å². The number of nitrogens with zero attached hydrogens (tertiary/aromatic N) is 4. The molecule has 0 unspecified atom stereocenters. The molecule has 0 aliphatic heterocycles. The number of benzene rings is 2. The second kappa shape index (κ2) is 10.4. The molecule has 10 nitrogen and oxygen atoms in total. The van der Waals surface area contributed by atoms with Gasteiger partial charge in [0.1, 0.15) is 29.3 Å². The number of fused-ring (bicyclic) bond motifs is 1. The van der Waals surface area contributed by atoms with E-state index in [-0.39, 0.29) is 38.6 Å². The van der Waals surface area contributed by atoms with Crippen molar-refractivity contribution in [3.63, 3.8) is 0 Å². The highest BCUT2D eigenvalue weighted by molar-refractivity contribution is 7.92. The SMILES string of the molecule is CC(C)n1cc(C(=O)c2cccc(NS(=O)(=O)c3ccc(Oc4ccncc4)cc3)c2Cl)c2c(N)ncnc21. The van der Waals surface area contributed by atoms with Crippen LogP contribution in [0.25, 0.3) is 11.0 Å². The number of nitrogens with one attached hydrogen (secondary N) is 1. The Hall–Kier alpha value is -4.48. The summed E-state index contributed by atoms with van der Waals surface area (Å²) >= 11 is 6.58. The van der Waals surface area contributed by atoms with Crippen LogP contribution >= 0.6 is 11.6 Å². The van der Waals surface area contributed by atoms with Crippen LogP contribution in [0.5, 0.6) is 11.5 Å². The van der Waals surface area contributed by atoms with E-state index in [1.165, 1.54) is 42.7 Å². The van der Waals surface area contributed by atoms with E-state index in [4.69, 9.17) is 22.1 Å². The van der Waals surface area contributed by atoms with Crippen LogP contribution < -0.4 is 15.2 Å². The van der Waals surface area contributed by atoms with E-state index in [9.17, 15) is 13.2 Å². The van der Waals surface area contributed by atoms with Crippen LogP contribution in [-0.4, -0.2) is 33.7 Å². The van der Waals surface area contributed by atoms with Gasteiger partial charge in [0.2, 0.25) is 0 Å². The summed E-state index contributed by atoms with van der Waals surface area (Å²) < 4.78 is 36.3. The van der Waals surface area contributed by atoms with Crippen molar-refractivity contribution in [2.24, 2.45) is 0 Å². The van der Waals surface area contributed by atoms with Crippen molar-refractivity contribution in [3.8, 4) is 11.5 Å². The number of anilines is 2. The molecule has 3 heterocycles. The van der Waals surface area contributed by atoms with Gasteiger partial charge >= 0.3 is 0 Å². The number of hydrogen-bond donors (Lipinski definition) is 2. The predicted molar refractivity (Wildman–Crippen MR) is 149 cm³/mol. The summed E-state index contributed by atoms with van der Waals surface area (Å²) in [6.07, 6.45) is 6.17. The van der Waals surface area contributed by atoms with Crippen LogP contribution in [0, 0.1) is 0 Å². The molecule has 39 heavy (non-hydrogen) atoms. The first-order valence-electron chi connectivity index (χ1n) is 11.8. The Morgan fingerprint density at radius 1 is 1.00 bits per heavy atom. The molecule has 0 aliphatic carbocycles. The molecule has 5 aromatic rings. The third kappa shape index (κ3) is 5.14. The number of carbonyl (C=O) groups excluding carboxylic acids is 1. The molecule has 12 heteroatoms. The minimum Gasteiger partial charge on any atom is -0.457 e. The van der Waals surface area contributed by atoms with E-state index in [0.717, 1.165) is 0 Å². The third-order valence-electron chi connectivity index (χ3n) is 5.95. The zero-order valence-corrected chi connectivity index (χ0v) is 22.4. The maximum Gasteiger partial charge on any atom is 0.261 e. The lowest BCUT2D eigenvalue weighted by Crippen LogP contribution is -2.14. The van der Waals surface area contributed by atoms with Gasteiger partial charge in [0, 0.05) is 30.2 Å². The van der Waals surface area contributed by atoms with Crippen LogP contribution in [0.2, 0.25) is 5.02 Å². The van der Waals surface area contributed by atoms with Crippen molar-refractivity contribution in [1.82, 2.24) is 19.5 Å². The summed E-state index contributed by atoms with van der Waals surface area (Å²) in [4.78, 5) is 25.9. The van der Waals surface area contributed by atoms with Crippen LogP contribution in [0.4, 0.5) is 11.5 Å². The van der Waals surface area contributed by atoms with Crippen molar-refractivity contribution >= 4 is 49.9 Å². The van der Waals surface area contributed by atoms with Crippen molar-refractivity contribution in [2.45, 2.75) is 24.8 Å². The maximum atomic E-state index is 13.6. The molecular formula is C27H23ClN6O4S. The average Bonchev–Trinajstić information content (AvgIpc) is 3.32. The number of nitrogens with two attached hydrogens (primary N) is 1. The van der Waals surface area contributed by atoms with Crippen LogP contribution in [0.15, 0.2) is 84.4 Å². The summed E-state index contributed by atoms with van der Waals surface area (Å²) in [5.74, 6) is 0.739. The average molecular weight is 563 g/mol. The van der Waals surface area contributed by atoms with Gasteiger partial charge in [-0.15, -0.1) is 0 Å². The highest BCUT2D eigenvalue weighted by atomic mass is 35.5. The molecule has 2 aromatic carbocycles. The molecule has 0 saturated heterocycles. The summed E-state index contributed by atoms with van der Waals surface area (Å²) in [7, 11) is -4.04. The topological polar surface area (TPSA) is 142 Å². The summed E-state index contributed by atoms with van der Waals surface area (Å²) in [5.41, 5.74) is 7.04. The molecule has 0 saturated carbocycles. The van der Waals surface area contributed by atoms with Gasteiger partial charge in [-0.3, -0.25) is 14.5 Å². The second-order valence-electron chi connectivity index (χ2n) is 8.86. The van der Waals surface area contributed by atoms with E-state index >= 15 is 0 Å². The Balaban J connectivity index is 1.44. The molecular weight excluding hydrogens is 540 g/mol. The first-order valence-corrected chi connectivity index (χ1v) is 13.7. The summed E-state index contributed by atoms with van der Waals surface area (Å²) in [6.45, 7) is 3.90. The number of carbonyl (C=O) groups is 1. The summed E-state index contributed by atoms with van der Waals surface area (Å²) in [6, 6.07) is 13.8. The Kier molecular flexibility index (Phi) is 6.94. The van der Waals surface area contributed by atoms with E-state index in [0.29, 0.717) is 22.5 Å². The number of ketones is 1. The fraction of sp³-hybridized carbons (Fsp3) is 0.111. The Morgan fingerprint density at radius 3 is 2.38 bits per heavy atom. The Bertz CT molecular complexity index is 1790. The zero-order valence-electron chi connectivity index (χ0n) is 20.9. The number of ether oxygens (including phenoxy) is 1. The molecule has 3 aromatic heterocycles. The smallest absolute Gasteiger partial charge is 0.261 e. The molecule has 0 atom stereocenters. The van der Waals surface area contributed by atoms with Crippen molar-refractivity contribution in [3.05, 3.63) is 95.7 Å². The first-order chi connectivity index (χ1) is 18.7. The van der Waals surface area contributed by atoms with Gasteiger partial charge in [-0.2, -0.15) is 0 Å². The van der Waals surface area contributed by atoms with Crippen molar-refractivity contribution in [1.29, 1.82) is 0 Å². The number of hydrogen-bond acceptors (Lipinski definition) is 8. The van der Waals surface area contributed by atoms with Gasteiger partial charge in [-0.05, 0) is 62.4 Å². The molecule has 0 fully saturated rings. The van der Waals surface area contributed by atoms with E-state index in [2.05, 4.69) is 19.7 Å². The number of aromatic nitrogens is 4. The standard InChI is InChI=1S/C27H23ClN6O4S/c1-16(2)34-14-21(23-26(29)31-15-32-27(23)34)25(35)20-4-3-5-22(24(20)28)33-39(36,37)19-8-6-17(7-9-19)38-18-10-12-30-13-11-18/h3-16,33H,1-2H3,(H2,29,31,32). The fourth-order valence-corrected chi connectivity index (χ4v) is 5.43. The number of nitrogen functional groups attached to an aromatic ring is 1. The van der Waals surface area contributed by atoms with E-state index < -0.39 is 15.8 Å². The monoisotopic (exact) mass is 562 g/mol. The van der Waals surface area contributed by atoms with Crippen LogP contribution in [0.3, 0.4) is 0 Å². The van der Waals surface area contributed by atoms with Gasteiger partial charge in [-0.1, -0.05) is 17.7 Å². The van der Waals surface area contributed by atoms with E-state index in [1.807, 2.05) is 18.4 Å². The molecule has 0 aliphatic rings. The molecule has 0 spiro atoms. The number of pyridine rings is 1. The molecule has 3 N–H and O–H groups in total. The van der Waals surface area contributed by atoms with E-state index in [1.54, 1.807) is 36.8 Å². The van der Waals surface area contributed by atoms with Gasteiger partial charge in [0.25, 0.3) is 10.0 Å². The van der Waals surface area contributed by atoms with Gasteiger partial charge in [-0.25, -0.2) is 18.4 Å². The molecule has 0 radical (unpaired) electrons. The Morgan fingerprint density at radius 2 is 1.69 bits per heavy atom. The summed E-state index contributed by atoms with van der Waals surface area (Å²) in [5, 5.41) is 0.358. The molecule has 0 bridgehead atoms.